The zero-order valence-electron chi connectivity index (χ0n) is 10.6. The third-order valence-corrected chi connectivity index (χ3v) is 2.31. The van der Waals surface area contributed by atoms with E-state index < -0.39 is 23.9 Å². The van der Waals surface area contributed by atoms with Gasteiger partial charge in [-0.05, 0) is 19.1 Å². The number of carbonyl (C=O) groups excluding carboxylic acids is 1. The summed E-state index contributed by atoms with van der Waals surface area (Å²) in [5.74, 6) is -0.982. The SMILES string of the molecule is CC(O)(CNC(=O)COc1ccccc1)CC(=O)O. The van der Waals surface area contributed by atoms with Gasteiger partial charge in [0.05, 0.1) is 12.0 Å². The lowest BCUT2D eigenvalue weighted by Gasteiger charge is -2.21. The Bertz CT molecular complexity index is 430. The Labute approximate surface area is 111 Å². The van der Waals surface area contributed by atoms with Crippen LogP contribution >= 0.6 is 0 Å². The molecule has 1 unspecified atom stereocenters. The average Bonchev–Trinajstić information content (AvgIpc) is 2.34. The standard InChI is InChI=1S/C13H17NO5/c1-13(18,7-12(16)17)9-14-11(15)8-19-10-5-3-2-4-6-10/h2-6,18H,7-9H2,1H3,(H,14,15)(H,16,17). The zero-order chi connectivity index (χ0) is 14.3. The van der Waals surface area contributed by atoms with Gasteiger partial charge in [-0.3, -0.25) is 9.59 Å². The van der Waals surface area contributed by atoms with Crippen LogP contribution in [0.25, 0.3) is 0 Å². The number of para-hydroxylation sites is 1. The minimum atomic E-state index is -1.48. The third kappa shape index (κ3) is 6.42. The lowest BCUT2D eigenvalue weighted by atomic mass is 10.0. The van der Waals surface area contributed by atoms with Crippen molar-refractivity contribution in [3.8, 4) is 5.75 Å². The molecule has 0 spiro atoms. The molecule has 6 heteroatoms. The number of hydrogen-bond donors (Lipinski definition) is 3. The predicted octanol–water partition coefficient (Wildman–Crippen LogP) is 0.407. The molecule has 0 aliphatic heterocycles. The van der Waals surface area contributed by atoms with Gasteiger partial charge in [0, 0.05) is 6.54 Å². The molecule has 6 nitrogen and oxygen atoms in total. The summed E-state index contributed by atoms with van der Waals surface area (Å²) in [5.41, 5.74) is -1.48. The Morgan fingerprint density at radius 1 is 1.32 bits per heavy atom. The molecular formula is C13H17NO5. The number of nitrogens with one attached hydrogen (secondary N) is 1. The van der Waals surface area contributed by atoms with Gasteiger partial charge in [-0.25, -0.2) is 0 Å². The fraction of sp³-hybridized carbons (Fsp3) is 0.385. The van der Waals surface area contributed by atoms with Crippen LogP contribution in [0.3, 0.4) is 0 Å². The second-order valence-corrected chi connectivity index (χ2v) is 4.45. The van der Waals surface area contributed by atoms with Crippen molar-refractivity contribution < 1.29 is 24.5 Å². The van der Waals surface area contributed by atoms with Gasteiger partial charge >= 0.3 is 5.97 Å². The van der Waals surface area contributed by atoms with Crippen molar-refractivity contribution in [2.75, 3.05) is 13.2 Å². The molecule has 1 rings (SSSR count). The van der Waals surface area contributed by atoms with E-state index in [1.54, 1.807) is 24.3 Å². The van der Waals surface area contributed by atoms with E-state index in [4.69, 9.17) is 9.84 Å². The van der Waals surface area contributed by atoms with Crippen molar-refractivity contribution in [3.05, 3.63) is 30.3 Å². The molecule has 1 atom stereocenters. The Morgan fingerprint density at radius 2 is 1.95 bits per heavy atom. The maximum absolute atomic E-state index is 11.5. The summed E-state index contributed by atoms with van der Waals surface area (Å²) in [7, 11) is 0. The van der Waals surface area contributed by atoms with Crippen molar-refractivity contribution in [1.29, 1.82) is 0 Å². The number of hydrogen-bond acceptors (Lipinski definition) is 4. The molecular weight excluding hydrogens is 250 g/mol. The Kier molecular flexibility index (Phi) is 5.32. The zero-order valence-corrected chi connectivity index (χ0v) is 10.6. The summed E-state index contributed by atoms with van der Waals surface area (Å²) < 4.78 is 5.20. The van der Waals surface area contributed by atoms with Crippen molar-refractivity contribution in [2.45, 2.75) is 18.9 Å². The highest BCUT2D eigenvalue weighted by Gasteiger charge is 2.24. The van der Waals surface area contributed by atoms with E-state index in [-0.39, 0.29) is 13.2 Å². The number of rotatable bonds is 7. The predicted molar refractivity (Wildman–Crippen MR) is 67.8 cm³/mol. The van der Waals surface area contributed by atoms with Crippen LogP contribution in [0.1, 0.15) is 13.3 Å². The maximum Gasteiger partial charge on any atom is 0.306 e. The summed E-state index contributed by atoms with van der Waals surface area (Å²) in [4.78, 5) is 21.9. The van der Waals surface area contributed by atoms with Gasteiger partial charge in [-0.2, -0.15) is 0 Å². The summed E-state index contributed by atoms with van der Waals surface area (Å²) in [6.45, 7) is 1.02. The van der Waals surface area contributed by atoms with Gasteiger partial charge < -0.3 is 20.3 Å². The van der Waals surface area contributed by atoms with Crippen LogP contribution in [0.15, 0.2) is 30.3 Å². The van der Waals surface area contributed by atoms with Crippen molar-refractivity contribution >= 4 is 11.9 Å². The Morgan fingerprint density at radius 3 is 2.53 bits per heavy atom. The van der Waals surface area contributed by atoms with Gasteiger partial charge in [-0.1, -0.05) is 18.2 Å². The lowest BCUT2D eigenvalue weighted by Crippen LogP contribution is -2.43. The number of aliphatic carboxylic acids is 1. The van der Waals surface area contributed by atoms with E-state index in [2.05, 4.69) is 5.32 Å². The number of amides is 1. The molecule has 104 valence electrons. The van der Waals surface area contributed by atoms with Crippen molar-refractivity contribution in [3.63, 3.8) is 0 Å². The monoisotopic (exact) mass is 267 g/mol. The summed E-state index contributed by atoms with van der Waals surface area (Å²) >= 11 is 0. The molecule has 1 aromatic rings. The van der Waals surface area contributed by atoms with E-state index in [1.807, 2.05) is 6.07 Å². The second kappa shape index (κ2) is 6.75. The van der Waals surface area contributed by atoms with E-state index in [0.29, 0.717) is 5.75 Å². The van der Waals surface area contributed by atoms with Crippen LogP contribution < -0.4 is 10.1 Å². The molecule has 0 bridgehead atoms. The van der Waals surface area contributed by atoms with E-state index in [9.17, 15) is 14.7 Å². The summed E-state index contributed by atoms with van der Waals surface area (Å²) in [6, 6.07) is 8.83. The molecule has 0 saturated carbocycles. The van der Waals surface area contributed by atoms with Gasteiger partial charge in [0.1, 0.15) is 5.75 Å². The summed E-state index contributed by atoms with van der Waals surface area (Å²) in [5, 5.41) is 20.7. The first-order valence-corrected chi connectivity index (χ1v) is 5.78. The summed E-state index contributed by atoms with van der Waals surface area (Å²) in [6.07, 6.45) is -0.438. The molecule has 0 aromatic heterocycles. The highest BCUT2D eigenvalue weighted by Crippen LogP contribution is 2.09. The van der Waals surface area contributed by atoms with Crippen LogP contribution in [0, 0.1) is 0 Å². The van der Waals surface area contributed by atoms with Crippen molar-refractivity contribution in [1.82, 2.24) is 5.32 Å². The van der Waals surface area contributed by atoms with Crippen LogP contribution in [0.5, 0.6) is 5.75 Å². The molecule has 0 aliphatic rings. The highest BCUT2D eigenvalue weighted by atomic mass is 16.5. The first-order chi connectivity index (χ1) is 8.89. The number of aliphatic hydroxyl groups is 1. The topological polar surface area (TPSA) is 95.9 Å². The number of carboxylic acids is 1. The number of carbonyl (C=O) groups is 2. The molecule has 19 heavy (non-hydrogen) atoms. The molecule has 0 saturated heterocycles. The van der Waals surface area contributed by atoms with Crippen molar-refractivity contribution in [2.24, 2.45) is 0 Å². The van der Waals surface area contributed by atoms with E-state index >= 15 is 0 Å². The largest absolute Gasteiger partial charge is 0.484 e. The smallest absolute Gasteiger partial charge is 0.306 e. The number of ether oxygens (including phenoxy) is 1. The normalized spacial score (nSPS) is 13.4. The maximum atomic E-state index is 11.5. The fourth-order valence-electron chi connectivity index (χ4n) is 1.39. The molecule has 0 radical (unpaired) electrons. The lowest BCUT2D eigenvalue weighted by molar-refractivity contribution is -0.142. The van der Waals surface area contributed by atoms with Crippen LogP contribution in [0.4, 0.5) is 0 Å². The molecule has 0 fully saturated rings. The Hall–Kier alpha value is -2.08. The molecule has 0 aliphatic carbocycles. The number of benzene rings is 1. The molecule has 0 heterocycles. The third-order valence-electron chi connectivity index (χ3n) is 2.31. The molecule has 3 N–H and O–H groups in total. The molecule has 1 aromatic carbocycles. The van der Waals surface area contributed by atoms with Gasteiger partial charge in [0.2, 0.25) is 0 Å². The fourth-order valence-corrected chi connectivity index (χ4v) is 1.39. The molecule has 1 amide bonds. The van der Waals surface area contributed by atoms with Crippen LogP contribution in [0.2, 0.25) is 0 Å². The minimum absolute atomic E-state index is 0.143. The van der Waals surface area contributed by atoms with E-state index in [0.717, 1.165) is 0 Å². The quantitative estimate of drug-likeness (QED) is 0.665. The van der Waals surface area contributed by atoms with Gasteiger partial charge in [0.25, 0.3) is 5.91 Å². The highest BCUT2D eigenvalue weighted by molar-refractivity contribution is 5.77. The number of carboxylic acid groups (broad SMARTS) is 1. The average molecular weight is 267 g/mol. The van der Waals surface area contributed by atoms with Crippen LogP contribution in [-0.2, 0) is 9.59 Å². The first-order valence-electron chi connectivity index (χ1n) is 5.78. The van der Waals surface area contributed by atoms with Gasteiger partial charge in [0.15, 0.2) is 6.61 Å². The van der Waals surface area contributed by atoms with Crippen LogP contribution in [-0.4, -0.2) is 40.8 Å². The second-order valence-electron chi connectivity index (χ2n) is 4.45. The first kappa shape index (κ1) is 15.0. The Balaban J connectivity index is 2.30. The van der Waals surface area contributed by atoms with E-state index in [1.165, 1.54) is 6.92 Å². The minimum Gasteiger partial charge on any atom is -0.484 e. The van der Waals surface area contributed by atoms with Gasteiger partial charge in [-0.15, -0.1) is 0 Å².